The van der Waals surface area contributed by atoms with E-state index in [0.29, 0.717) is 12.1 Å². The van der Waals surface area contributed by atoms with Crippen LogP contribution in [0.3, 0.4) is 0 Å². The highest BCUT2D eigenvalue weighted by atomic mass is 16.1. The number of hydrogen-bond donors (Lipinski definition) is 2. The number of hydrogen-bond acceptors (Lipinski definition) is 4. The molecule has 0 aromatic carbocycles. The van der Waals surface area contributed by atoms with Gasteiger partial charge in [0.1, 0.15) is 5.54 Å². The van der Waals surface area contributed by atoms with E-state index >= 15 is 0 Å². The van der Waals surface area contributed by atoms with Crippen LogP contribution in [-0.2, 0) is 4.79 Å². The maximum atomic E-state index is 11.7. The van der Waals surface area contributed by atoms with Crippen LogP contribution in [0.4, 0.5) is 0 Å². The van der Waals surface area contributed by atoms with Gasteiger partial charge in [0.25, 0.3) is 0 Å². The first kappa shape index (κ1) is 13.8. The van der Waals surface area contributed by atoms with Gasteiger partial charge >= 0.3 is 0 Å². The second kappa shape index (κ2) is 5.15. The quantitative estimate of drug-likeness (QED) is 0.702. The van der Waals surface area contributed by atoms with Gasteiger partial charge in [0.2, 0.25) is 5.91 Å². The van der Waals surface area contributed by atoms with E-state index in [1.807, 2.05) is 6.92 Å². The lowest BCUT2D eigenvalue weighted by molar-refractivity contribution is -0.125. The van der Waals surface area contributed by atoms with Crippen molar-refractivity contribution in [3.05, 3.63) is 0 Å². The van der Waals surface area contributed by atoms with Crippen molar-refractivity contribution in [3.63, 3.8) is 0 Å². The molecule has 1 heterocycles. The maximum absolute atomic E-state index is 11.7. The van der Waals surface area contributed by atoms with E-state index in [0.717, 1.165) is 26.2 Å². The van der Waals surface area contributed by atoms with Gasteiger partial charge in [-0.2, -0.15) is 0 Å². The lowest BCUT2D eigenvalue weighted by atomic mass is 9.99. The molecule has 18 heavy (non-hydrogen) atoms. The lowest BCUT2D eigenvalue weighted by Crippen LogP contribution is -2.63. The molecule has 1 saturated heterocycles. The summed E-state index contributed by atoms with van der Waals surface area (Å²) in [7, 11) is 2.15. The van der Waals surface area contributed by atoms with Crippen molar-refractivity contribution >= 4 is 5.91 Å². The molecule has 1 amide bonds. The topological polar surface area (TPSA) is 61.6 Å². The van der Waals surface area contributed by atoms with E-state index < -0.39 is 5.54 Å². The molecule has 2 aliphatic rings. The van der Waals surface area contributed by atoms with E-state index in [-0.39, 0.29) is 5.91 Å². The second-order valence-electron chi connectivity index (χ2n) is 6.18. The Morgan fingerprint density at radius 3 is 2.61 bits per heavy atom. The summed E-state index contributed by atoms with van der Waals surface area (Å²) in [5, 5.41) is 3.41. The number of carbonyl (C=O) groups excluding carboxylic acids is 1. The molecule has 2 unspecified atom stereocenters. The predicted octanol–water partition coefficient (Wildman–Crippen LogP) is -0.382. The van der Waals surface area contributed by atoms with Crippen molar-refractivity contribution in [3.8, 4) is 0 Å². The highest BCUT2D eigenvalue weighted by Gasteiger charge is 2.39. The van der Waals surface area contributed by atoms with Crippen molar-refractivity contribution < 1.29 is 4.79 Å². The molecule has 3 N–H and O–H groups in total. The maximum Gasteiger partial charge on any atom is 0.238 e. The van der Waals surface area contributed by atoms with E-state index in [4.69, 9.17) is 5.73 Å². The van der Waals surface area contributed by atoms with Crippen molar-refractivity contribution in [1.29, 1.82) is 0 Å². The molecule has 0 radical (unpaired) electrons. The molecule has 0 spiro atoms. The molecule has 0 aromatic rings. The van der Waals surface area contributed by atoms with Crippen molar-refractivity contribution in [2.45, 2.75) is 44.3 Å². The first-order valence-corrected chi connectivity index (χ1v) is 6.91. The van der Waals surface area contributed by atoms with Crippen LogP contribution in [0.25, 0.3) is 0 Å². The Morgan fingerprint density at radius 1 is 1.44 bits per heavy atom. The summed E-state index contributed by atoms with van der Waals surface area (Å²) in [4.78, 5) is 16.4. The van der Waals surface area contributed by atoms with Gasteiger partial charge in [-0.1, -0.05) is 0 Å². The number of nitrogens with two attached hydrogens (primary N) is 1. The smallest absolute Gasteiger partial charge is 0.238 e. The van der Waals surface area contributed by atoms with Gasteiger partial charge in [-0.05, 0) is 33.7 Å². The molecule has 2 rings (SSSR count). The minimum absolute atomic E-state index is 0.235. The van der Waals surface area contributed by atoms with Crippen molar-refractivity contribution in [2.75, 3.05) is 33.2 Å². The molecule has 5 nitrogen and oxygen atoms in total. The molecular formula is C13H26N4O. The highest BCUT2D eigenvalue weighted by molar-refractivity contribution is 5.84. The van der Waals surface area contributed by atoms with Crippen molar-refractivity contribution in [1.82, 2.24) is 15.1 Å². The summed E-state index contributed by atoms with van der Waals surface area (Å²) in [6, 6.07) is 1.03. The summed E-state index contributed by atoms with van der Waals surface area (Å²) >= 11 is 0. The summed E-state index contributed by atoms with van der Waals surface area (Å²) in [5.74, 6) is -0.235. The molecular weight excluding hydrogens is 228 g/mol. The number of amides is 1. The first-order valence-electron chi connectivity index (χ1n) is 6.91. The number of piperazine rings is 1. The zero-order valence-corrected chi connectivity index (χ0v) is 11.8. The van der Waals surface area contributed by atoms with Crippen LogP contribution in [0.2, 0.25) is 0 Å². The van der Waals surface area contributed by atoms with E-state index in [1.165, 1.54) is 12.8 Å². The van der Waals surface area contributed by atoms with Gasteiger partial charge in [-0.25, -0.2) is 0 Å². The SMILES string of the molecule is CC1CN(CC(C)(NC2CC2)C(N)=O)CCN1C. The van der Waals surface area contributed by atoms with Crippen LogP contribution < -0.4 is 11.1 Å². The molecule has 0 aromatic heterocycles. The minimum atomic E-state index is -0.587. The fourth-order valence-corrected chi connectivity index (χ4v) is 2.59. The summed E-state index contributed by atoms with van der Waals surface area (Å²) in [6.45, 7) is 7.96. The van der Waals surface area contributed by atoms with E-state index in [2.05, 4.69) is 29.1 Å². The molecule has 2 fully saturated rings. The van der Waals surface area contributed by atoms with Gasteiger partial charge in [0.05, 0.1) is 0 Å². The minimum Gasteiger partial charge on any atom is -0.368 e. The summed E-state index contributed by atoms with van der Waals surface area (Å²) < 4.78 is 0. The van der Waals surface area contributed by atoms with Crippen LogP contribution in [-0.4, -0.2) is 66.6 Å². The van der Waals surface area contributed by atoms with Gasteiger partial charge < -0.3 is 10.6 Å². The van der Waals surface area contributed by atoms with Gasteiger partial charge in [-0.3, -0.25) is 15.0 Å². The zero-order chi connectivity index (χ0) is 13.3. The predicted molar refractivity (Wildman–Crippen MR) is 72.3 cm³/mol. The van der Waals surface area contributed by atoms with Gasteiger partial charge in [0, 0.05) is 38.3 Å². The van der Waals surface area contributed by atoms with Crippen LogP contribution in [0, 0.1) is 0 Å². The molecule has 0 bridgehead atoms. The van der Waals surface area contributed by atoms with E-state index in [9.17, 15) is 4.79 Å². The average molecular weight is 254 g/mol. The van der Waals surface area contributed by atoms with E-state index in [1.54, 1.807) is 0 Å². The average Bonchev–Trinajstić information content (AvgIpc) is 3.07. The molecule has 1 aliphatic heterocycles. The largest absolute Gasteiger partial charge is 0.368 e. The van der Waals surface area contributed by atoms with Crippen LogP contribution in [0.5, 0.6) is 0 Å². The molecule has 1 saturated carbocycles. The van der Waals surface area contributed by atoms with Gasteiger partial charge in [0.15, 0.2) is 0 Å². The monoisotopic (exact) mass is 254 g/mol. The first-order chi connectivity index (χ1) is 8.40. The van der Waals surface area contributed by atoms with Crippen LogP contribution in [0.1, 0.15) is 26.7 Å². The number of rotatable bonds is 5. The summed E-state index contributed by atoms with van der Waals surface area (Å²) in [5.41, 5.74) is 5.00. The third kappa shape index (κ3) is 3.22. The third-order valence-corrected chi connectivity index (χ3v) is 4.23. The van der Waals surface area contributed by atoms with Crippen molar-refractivity contribution in [2.24, 2.45) is 5.73 Å². The van der Waals surface area contributed by atoms with Crippen LogP contribution >= 0.6 is 0 Å². The zero-order valence-electron chi connectivity index (χ0n) is 11.8. The summed E-state index contributed by atoms with van der Waals surface area (Å²) in [6.07, 6.45) is 2.34. The number of nitrogens with one attached hydrogen (secondary N) is 1. The Labute approximate surface area is 110 Å². The Hall–Kier alpha value is -0.650. The molecule has 104 valence electrons. The van der Waals surface area contributed by atoms with Gasteiger partial charge in [-0.15, -0.1) is 0 Å². The fraction of sp³-hybridized carbons (Fsp3) is 0.923. The highest BCUT2D eigenvalue weighted by Crippen LogP contribution is 2.23. The number of primary amides is 1. The molecule has 5 heteroatoms. The van der Waals surface area contributed by atoms with Crippen LogP contribution in [0.15, 0.2) is 0 Å². The normalized spacial score (nSPS) is 30.1. The Balaban J connectivity index is 1.93. The lowest BCUT2D eigenvalue weighted by Gasteiger charge is -2.41. The standard InChI is InChI=1S/C13H26N4O/c1-10-8-17(7-6-16(10)3)9-13(2,12(14)18)15-11-4-5-11/h10-11,15H,4-9H2,1-3H3,(H2,14,18). The molecule has 1 aliphatic carbocycles. The second-order valence-corrected chi connectivity index (χ2v) is 6.18. The number of carbonyl (C=O) groups is 1. The fourth-order valence-electron chi connectivity index (χ4n) is 2.59. The Kier molecular flexibility index (Phi) is 3.94. The Bertz CT molecular complexity index is 318. The molecule has 2 atom stereocenters. The third-order valence-electron chi connectivity index (χ3n) is 4.23. The number of likely N-dealkylation sites (N-methyl/N-ethyl adjacent to an activating group) is 1. The number of nitrogens with zero attached hydrogens (tertiary/aromatic N) is 2. The Morgan fingerprint density at radius 2 is 2.11 bits per heavy atom.